The minimum atomic E-state index is 0.0380. The van der Waals surface area contributed by atoms with Gasteiger partial charge in [-0.15, -0.1) is 0 Å². The lowest BCUT2D eigenvalue weighted by Crippen LogP contribution is -2.45. The summed E-state index contributed by atoms with van der Waals surface area (Å²) in [6.45, 7) is 9.17. The summed E-state index contributed by atoms with van der Waals surface area (Å²) in [4.78, 5) is 18.8. The fourth-order valence-electron chi connectivity index (χ4n) is 3.53. The number of amides is 1. The number of carbonyl (C=O) groups excluding carboxylic acids is 1. The van der Waals surface area contributed by atoms with Gasteiger partial charge in [0, 0.05) is 57.1 Å². The van der Waals surface area contributed by atoms with E-state index in [0.717, 1.165) is 43.7 Å². The average molecular weight is 370 g/mol. The van der Waals surface area contributed by atoms with Crippen LogP contribution in [0.15, 0.2) is 30.6 Å². The van der Waals surface area contributed by atoms with Crippen molar-refractivity contribution in [3.8, 4) is 11.3 Å². The molecule has 1 amide bonds. The topological polar surface area (TPSA) is 63.1 Å². The molecular weight excluding hydrogens is 338 g/mol. The van der Waals surface area contributed by atoms with Crippen molar-refractivity contribution >= 4 is 5.91 Å². The number of pyridine rings is 1. The van der Waals surface area contributed by atoms with E-state index in [4.69, 9.17) is 0 Å². The molecule has 1 aliphatic rings. The number of carbonyl (C=O) groups is 1. The van der Waals surface area contributed by atoms with Gasteiger partial charge in [0.2, 0.25) is 5.91 Å². The number of rotatable bonds is 5. The number of hydrogen-bond donors (Lipinski definition) is 1. The van der Waals surface area contributed by atoms with Gasteiger partial charge in [0.25, 0.3) is 0 Å². The number of nitrogens with one attached hydrogen (secondary N) is 1. The molecule has 27 heavy (non-hydrogen) atoms. The van der Waals surface area contributed by atoms with Gasteiger partial charge >= 0.3 is 0 Å². The number of aromatic nitrogens is 3. The van der Waals surface area contributed by atoms with E-state index in [2.05, 4.69) is 47.1 Å². The van der Waals surface area contributed by atoms with Crippen LogP contribution >= 0.6 is 0 Å². The normalized spacial score (nSPS) is 16.4. The Morgan fingerprint density at radius 3 is 2.67 bits per heavy atom. The molecule has 0 unspecified atom stereocenters. The number of likely N-dealkylation sites (tertiary alicyclic amines) is 1. The molecular formula is C21H31N5O. The van der Waals surface area contributed by atoms with Crippen LogP contribution in [0.25, 0.3) is 11.3 Å². The number of nitrogens with zero attached hydrogens (tertiary/aromatic N) is 4. The Kier molecular flexibility index (Phi) is 5.95. The lowest BCUT2D eigenvalue weighted by molar-refractivity contribution is -0.123. The molecule has 1 saturated heterocycles. The first-order valence-corrected chi connectivity index (χ1v) is 9.75. The lowest BCUT2D eigenvalue weighted by atomic mass is 9.91. The Morgan fingerprint density at radius 1 is 1.30 bits per heavy atom. The Bertz CT molecular complexity index is 755. The second-order valence-electron chi connectivity index (χ2n) is 8.74. The van der Waals surface area contributed by atoms with E-state index in [1.54, 1.807) is 6.20 Å². The number of piperidine rings is 1. The quantitative estimate of drug-likeness (QED) is 0.880. The summed E-state index contributed by atoms with van der Waals surface area (Å²) in [5, 5.41) is 7.83. The predicted octanol–water partition coefficient (Wildman–Crippen LogP) is 3.00. The molecule has 2 aromatic rings. The predicted molar refractivity (Wildman–Crippen MR) is 107 cm³/mol. The van der Waals surface area contributed by atoms with E-state index in [0.29, 0.717) is 12.5 Å². The van der Waals surface area contributed by atoms with Crippen LogP contribution in [-0.2, 0) is 18.4 Å². The third-order valence-electron chi connectivity index (χ3n) is 4.96. The number of hydrogen-bond acceptors (Lipinski definition) is 4. The Morgan fingerprint density at radius 2 is 2.04 bits per heavy atom. The lowest BCUT2D eigenvalue weighted by Gasteiger charge is -2.32. The highest BCUT2D eigenvalue weighted by atomic mass is 16.1. The van der Waals surface area contributed by atoms with Gasteiger partial charge in [-0.25, -0.2) is 0 Å². The second kappa shape index (κ2) is 8.21. The van der Waals surface area contributed by atoms with Crippen LogP contribution < -0.4 is 5.32 Å². The first-order chi connectivity index (χ1) is 12.8. The first kappa shape index (κ1) is 19.5. The van der Waals surface area contributed by atoms with Crippen LogP contribution in [-0.4, -0.2) is 44.7 Å². The molecule has 0 radical (unpaired) electrons. The SMILES string of the molecule is Cn1nc(-c2cccnc2)cc1CN1CCC(NC(=O)CC(C)(C)C)CC1. The molecule has 6 heteroatoms. The molecule has 1 N–H and O–H groups in total. The first-order valence-electron chi connectivity index (χ1n) is 9.75. The summed E-state index contributed by atoms with van der Waals surface area (Å²) in [6, 6.07) is 6.41. The van der Waals surface area contributed by atoms with Crippen LogP contribution in [0.2, 0.25) is 0 Å². The molecule has 6 nitrogen and oxygen atoms in total. The smallest absolute Gasteiger partial charge is 0.220 e. The van der Waals surface area contributed by atoms with Gasteiger partial charge < -0.3 is 5.32 Å². The van der Waals surface area contributed by atoms with Crippen LogP contribution in [0, 0.1) is 5.41 Å². The van der Waals surface area contributed by atoms with Crippen molar-refractivity contribution < 1.29 is 4.79 Å². The van der Waals surface area contributed by atoms with Crippen molar-refractivity contribution in [2.24, 2.45) is 12.5 Å². The molecule has 3 heterocycles. The molecule has 2 aromatic heterocycles. The standard InChI is InChI=1S/C21H31N5O/c1-21(2,3)13-20(27)23-17-7-10-26(11-8-17)15-18-12-19(24-25(18)4)16-6-5-9-22-14-16/h5-6,9,12,14,17H,7-8,10-11,13,15H2,1-4H3,(H,23,27). The zero-order chi connectivity index (χ0) is 19.4. The summed E-state index contributed by atoms with van der Waals surface area (Å²) in [7, 11) is 1.99. The highest BCUT2D eigenvalue weighted by Gasteiger charge is 2.23. The van der Waals surface area contributed by atoms with Crippen molar-refractivity contribution in [1.82, 2.24) is 25.0 Å². The maximum Gasteiger partial charge on any atom is 0.220 e. The fraction of sp³-hybridized carbons (Fsp3) is 0.571. The van der Waals surface area contributed by atoms with Crippen LogP contribution in [0.1, 0.15) is 45.7 Å². The molecule has 0 bridgehead atoms. The third-order valence-corrected chi connectivity index (χ3v) is 4.96. The van der Waals surface area contributed by atoms with E-state index < -0.39 is 0 Å². The largest absolute Gasteiger partial charge is 0.353 e. The average Bonchev–Trinajstić information content (AvgIpc) is 2.96. The zero-order valence-electron chi connectivity index (χ0n) is 16.9. The molecule has 0 aliphatic carbocycles. The van der Waals surface area contributed by atoms with Crippen molar-refractivity contribution in [1.29, 1.82) is 0 Å². The number of aryl methyl sites for hydroxylation is 1. The third kappa shape index (κ3) is 5.63. The van der Waals surface area contributed by atoms with Gasteiger partial charge in [0.1, 0.15) is 0 Å². The molecule has 1 fully saturated rings. The molecule has 1 aliphatic heterocycles. The Hall–Kier alpha value is -2.21. The molecule has 0 saturated carbocycles. The van der Waals surface area contributed by atoms with Crippen molar-refractivity contribution in [2.45, 2.75) is 52.6 Å². The van der Waals surface area contributed by atoms with Gasteiger partial charge in [-0.2, -0.15) is 5.10 Å². The monoisotopic (exact) mass is 369 g/mol. The zero-order valence-corrected chi connectivity index (χ0v) is 16.9. The van der Waals surface area contributed by atoms with Crippen LogP contribution in [0.3, 0.4) is 0 Å². The van der Waals surface area contributed by atoms with Gasteiger partial charge in [-0.05, 0) is 36.5 Å². The van der Waals surface area contributed by atoms with Crippen molar-refractivity contribution in [2.75, 3.05) is 13.1 Å². The minimum absolute atomic E-state index is 0.0380. The minimum Gasteiger partial charge on any atom is -0.353 e. The van der Waals surface area contributed by atoms with Crippen LogP contribution in [0.5, 0.6) is 0 Å². The highest BCUT2D eigenvalue weighted by molar-refractivity contribution is 5.76. The maximum absolute atomic E-state index is 12.1. The van der Waals surface area contributed by atoms with Crippen molar-refractivity contribution in [3.05, 3.63) is 36.3 Å². The molecule has 0 atom stereocenters. The Labute approximate surface area is 162 Å². The van der Waals surface area contributed by atoms with E-state index in [1.165, 1.54) is 5.69 Å². The summed E-state index contributed by atoms with van der Waals surface area (Å²) in [5.41, 5.74) is 3.24. The van der Waals surface area contributed by atoms with Crippen molar-refractivity contribution in [3.63, 3.8) is 0 Å². The maximum atomic E-state index is 12.1. The van der Waals surface area contributed by atoms with Gasteiger partial charge in [0.15, 0.2) is 0 Å². The Balaban J connectivity index is 1.51. The highest BCUT2D eigenvalue weighted by Crippen LogP contribution is 2.21. The fourth-order valence-corrected chi connectivity index (χ4v) is 3.53. The molecule has 146 valence electrons. The van der Waals surface area contributed by atoms with E-state index in [1.807, 2.05) is 30.1 Å². The molecule has 0 spiro atoms. The van der Waals surface area contributed by atoms with E-state index in [-0.39, 0.29) is 11.3 Å². The summed E-state index contributed by atoms with van der Waals surface area (Å²) < 4.78 is 1.96. The molecule has 3 rings (SSSR count). The summed E-state index contributed by atoms with van der Waals surface area (Å²) in [6.07, 6.45) is 6.21. The van der Waals surface area contributed by atoms with E-state index in [9.17, 15) is 4.79 Å². The van der Waals surface area contributed by atoms with E-state index >= 15 is 0 Å². The summed E-state index contributed by atoms with van der Waals surface area (Å²) >= 11 is 0. The van der Waals surface area contributed by atoms with Gasteiger partial charge in [0.05, 0.1) is 11.4 Å². The van der Waals surface area contributed by atoms with Crippen LogP contribution in [0.4, 0.5) is 0 Å². The van der Waals surface area contributed by atoms with Gasteiger partial charge in [-0.3, -0.25) is 19.4 Å². The second-order valence-corrected chi connectivity index (χ2v) is 8.74. The van der Waals surface area contributed by atoms with Gasteiger partial charge in [-0.1, -0.05) is 20.8 Å². The molecule has 0 aromatic carbocycles. The summed E-state index contributed by atoms with van der Waals surface area (Å²) in [5.74, 6) is 0.175.